The number of nitrogens with one attached hydrogen (secondary N) is 3. The number of H-pyrrole nitrogens is 1. The Balaban J connectivity index is 1.31. The van der Waals surface area contributed by atoms with Crippen molar-refractivity contribution in [2.24, 2.45) is 0 Å². The predicted octanol–water partition coefficient (Wildman–Crippen LogP) is 3.36. The van der Waals surface area contributed by atoms with Crippen LogP contribution in [0.25, 0.3) is 11.0 Å². The van der Waals surface area contributed by atoms with Crippen molar-refractivity contribution < 1.29 is 4.79 Å². The average Bonchev–Trinajstić information content (AvgIpc) is 3.17. The normalized spacial score (nSPS) is 15.6. The number of aromatic nitrogens is 3. The molecule has 1 aromatic carbocycles. The summed E-state index contributed by atoms with van der Waals surface area (Å²) in [6.45, 7) is 6.89. The van der Waals surface area contributed by atoms with E-state index in [1.165, 1.54) is 5.56 Å². The van der Waals surface area contributed by atoms with E-state index < -0.39 is 0 Å². The topological polar surface area (TPSA) is 85.9 Å². The van der Waals surface area contributed by atoms with Crippen LogP contribution in [0.2, 0.25) is 0 Å². The summed E-state index contributed by atoms with van der Waals surface area (Å²) in [5, 5.41) is 6.14. The Hall–Kier alpha value is -2.93. The molecule has 0 radical (unpaired) electrons. The lowest BCUT2D eigenvalue weighted by Crippen LogP contribution is -2.45. The molecule has 1 fully saturated rings. The number of amides is 2. The highest BCUT2D eigenvalue weighted by Gasteiger charge is 2.21. The summed E-state index contributed by atoms with van der Waals surface area (Å²) in [5.41, 5.74) is 6.05. The van der Waals surface area contributed by atoms with Crippen LogP contribution in [-0.4, -0.2) is 45.0 Å². The third kappa shape index (κ3) is 3.99. The number of aromatic amines is 1. The third-order valence-electron chi connectivity index (χ3n) is 5.58. The van der Waals surface area contributed by atoms with Gasteiger partial charge in [0.05, 0.1) is 17.4 Å². The quantitative estimate of drug-likeness (QED) is 0.650. The molecule has 1 aliphatic heterocycles. The molecule has 2 aromatic heterocycles. The number of carbonyl (C=O) groups excluding carboxylic acids is 1. The molecule has 0 spiro atoms. The summed E-state index contributed by atoms with van der Waals surface area (Å²) < 4.78 is 0. The van der Waals surface area contributed by atoms with Crippen molar-refractivity contribution in [3.8, 4) is 0 Å². The Kier molecular flexibility index (Phi) is 5.25. The number of anilines is 1. The lowest BCUT2D eigenvalue weighted by molar-refractivity contribution is 0.189. The molecule has 4 rings (SSSR count). The molecule has 0 atom stereocenters. The predicted molar refractivity (Wildman–Crippen MR) is 110 cm³/mol. The van der Waals surface area contributed by atoms with Crippen molar-refractivity contribution in [1.29, 1.82) is 0 Å². The Morgan fingerprint density at radius 1 is 1.29 bits per heavy atom. The number of imidazole rings is 1. The number of rotatable bonds is 4. The Morgan fingerprint density at radius 2 is 2.11 bits per heavy atom. The number of carbonyl (C=O) groups is 1. The first kappa shape index (κ1) is 18.4. The number of pyridine rings is 1. The van der Waals surface area contributed by atoms with Crippen LogP contribution in [-0.2, 0) is 6.54 Å². The molecule has 3 heterocycles. The van der Waals surface area contributed by atoms with Crippen molar-refractivity contribution in [3.63, 3.8) is 0 Å². The standard InChI is InChI=1S/C21H26N6O/c1-14-15(2)20-19(23-13-24-20)10-18(14)26-21(28)25-17-5-8-27(9-6-17)12-16-4-3-7-22-11-16/h3-4,7,10-11,13,17H,5-6,8-9,12H2,1-2H3,(H,23,24)(H2,25,26,28). The van der Waals surface area contributed by atoms with E-state index in [4.69, 9.17) is 0 Å². The molecule has 3 N–H and O–H groups in total. The zero-order chi connectivity index (χ0) is 19.5. The van der Waals surface area contributed by atoms with E-state index in [2.05, 4.69) is 36.6 Å². The van der Waals surface area contributed by atoms with Crippen molar-refractivity contribution >= 4 is 22.8 Å². The van der Waals surface area contributed by atoms with Gasteiger partial charge in [0.2, 0.25) is 0 Å². The Morgan fingerprint density at radius 3 is 2.86 bits per heavy atom. The first-order valence-corrected chi connectivity index (χ1v) is 9.72. The largest absolute Gasteiger partial charge is 0.345 e. The van der Waals surface area contributed by atoms with Crippen LogP contribution in [0.1, 0.15) is 29.5 Å². The number of nitrogens with zero attached hydrogens (tertiary/aromatic N) is 3. The molecule has 7 heteroatoms. The molecule has 0 aliphatic carbocycles. The van der Waals surface area contributed by atoms with Gasteiger partial charge in [-0.25, -0.2) is 9.78 Å². The van der Waals surface area contributed by atoms with Crippen LogP contribution >= 0.6 is 0 Å². The van der Waals surface area contributed by atoms with Gasteiger partial charge in [-0.2, -0.15) is 0 Å². The molecular weight excluding hydrogens is 352 g/mol. The van der Waals surface area contributed by atoms with Gasteiger partial charge in [-0.05, 0) is 55.5 Å². The van der Waals surface area contributed by atoms with Gasteiger partial charge < -0.3 is 15.6 Å². The molecule has 2 amide bonds. The van der Waals surface area contributed by atoms with Crippen LogP contribution in [0.4, 0.5) is 10.5 Å². The highest BCUT2D eigenvalue weighted by atomic mass is 16.2. The van der Waals surface area contributed by atoms with Gasteiger partial charge in [0.25, 0.3) is 0 Å². The van der Waals surface area contributed by atoms with Gasteiger partial charge in [-0.3, -0.25) is 9.88 Å². The Labute approximate surface area is 164 Å². The second kappa shape index (κ2) is 7.98. The fourth-order valence-corrected chi connectivity index (χ4v) is 3.80. The molecule has 1 saturated heterocycles. The SMILES string of the molecule is Cc1c(NC(=O)NC2CCN(Cc3cccnc3)CC2)cc2[nH]cnc2c1C. The van der Waals surface area contributed by atoms with Crippen molar-refractivity contribution in [1.82, 2.24) is 25.2 Å². The molecule has 0 unspecified atom stereocenters. The summed E-state index contributed by atoms with van der Waals surface area (Å²) in [7, 11) is 0. The van der Waals surface area contributed by atoms with Crippen LogP contribution in [0, 0.1) is 13.8 Å². The summed E-state index contributed by atoms with van der Waals surface area (Å²) in [5.74, 6) is 0. The van der Waals surface area contributed by atoms with Gasteiger partial charge in [0, 0.05) is 43.8 Å². The second-order valence-electron chi connectivity index (χ2n) is 7.48. The molecule has 1 aliphatic rings. The van der Waals surface area contributed by atoms with Crippen molar-refractivity contribution in [2.45, 2.75) is 39.3 Å². The number of aryl methyl sites for hydroxylation is 1. The molecule has 146 valence electrons. The van der Waals surface area contributed by atoms with Crippen LogP contribution in [0.3, 0.4) is 0 Å². The van der Waals surface area contributed by atoms with E-state index >= 15 is 0 Å². The average molecular weight is 378 g/mol. The van der Waals surface area contributed by atoms with E-state index in [0.717, 1.165) is 60.3 Å². The van der Waals surface area contributed by atoms with Crippen LogP contribution in [0.15, 0.2) is 36.9 Å². The molecule has 7 nitrogen and oxygen atoms in total. The van der Waals surface area contributed by atoms with Crippen molar-refractivity contribution in [3.05, 3.63) is 53.6 Å². The fraction of sp³-hybridized carbons (Fsp3) is 0.381. The monoisotopic (exact) mass is 378 g/mol. The molecule has 3 aromatic rings. The minimum atomic E-state index is -0.146. The first-order chi connectivity index (χ1) is 13.6. The summed E-state index contributed by atoms with van der Waals surface area (Å²) in [4.78, 5) is 26.6. The van der Waals surface area contributed by atoms with E-state index in [0.29, 0.717) is 0 Å². The zero-order valence-corrected chi connectivity index (χ0v) is 16.3. The number of piperidine rings is 1. The van der Waals surface area contributed by atoms with Gasteiger partial charge >= 0.3 is 6.03 Å². The maximum atomic E-state index is 12.5. The number of fused-ring (bicyclic) bond motifs is 1. The summed E-state index contributed by atoms with van der Waals surface area (Å²) in [6.07, 6.45) is 7.29. The van der Waals surface area contributed by atoms with Crippen LogP contribution < -0.4 is 10.6 Å². The van der Waals surface area contributed by atoms with Gasteiger partial charge in [-0.1, -0.05) is 6.07 Å². The molecular formula is C21H26N6O. The second-order valence-corrected chi connectivity index (χ2v) is 7.48. The van der Waals surface area contributed by atoms with E-state index in [-0.39, 0.29) is 12.1 Å². The minimum Gasteiger partial charge on any atom is -0.345 e. The lowest BCUT2D eigenvalue weighted by Gasteiger charge is -2.32. The zero-order valence-electron chi connectivity index (χ0n) is 16.3. The smallest absolute Gasteiger partial charge is 0.319 e. The number of urea groups is 1. The number of hydrogen-bond donors (Lipinski definition) is 3. The number of likely N-dealkylation sites (tertiary alicyclic amines) is 1. The van der Waals surface area contributed by atoms with Gasteiger partial charge in [-0.15, -0.1) is 0 Å². The molecule has 0 saturated carbocycles. The van der Waals surface area contributed by atoms with E-state index in [1.807, 2.05) is 32.2 Å². The first-order valence-electron chi connectivity index (χ1n) is 9.72. The third-order valence-corrected chi connectivity index (χ3v) is 5.58. The maximum Gasteiger partial charge on any atom is 0.319 e. The fourth-order valence-electron chi connectivity index (χ4n) is 3.80. The number of hydrogen-bond acceptors (Lipinski definition) is 4. The van der Waals surface area contributed by atoms with Crippen LogP contribution in [0.5, 0.6) is 0 Å². The highest BCUT2D eigenvalue weighted by molar-refractivity contribution is 5.94. The molecule has 0 bridgehead atoms. The summed E-state index contributed by atoms with van der Waals surface area (Å²) in [6, 6.07) is 6.07. The number of benzene rings is 1. The summed E-state index contributed by atoms with van der Waals surface area (Å²) >= 11 is 0. The molecule has 28 heavy (non-hydrogen) atoms. The lowest BCUT2D eigenvalue weighted by atomic mass is 10.0. The maximum absolute atomic E-state index is 12.5. The van der Waals surface area contributed by atoms with Crippen molar-refractivity contribution in [2.75, 3.05) is 18.4 Å². The van der Waals surface area contributed by atoms with E-state index in [9.17, 15) is 4.79 Å². The van der Waals surface area contributed by atoms with Gasteiger partial charge in [0.15, 0.2) is 0 Å². The Bertz CT molecular complexity index is 960. The minimum absolute atomic E-state index is 0.146. The van der Waals surface area contributed by atoms with E-state index in [1.54, 1.807) is 12.5 Å². The highest BCUT2D eigenvalue weighted by Crippen LogP contribution is 2.26. The van der Waals surface area contributed by atoms with Gasteiger partial charge in [0.1, 0.15) is 0 Å².